The molecule has 38 heavy (non-hydrogen) atoms. The Kier molecular flexibility index (Phi) is 9.59. The molecule has 2 aromatic rings. The molecule has 2 aromatic carbocycles. The molecule has 2 atom stereocenters. The summed E-state index contributed by atoms with van der Waals surface area (Å²) < 4.78 is 10.9. The SMILES string of the molecule is COc1cc(OC)c(C(=O)C[C@]2(C)CC/C=C(\C)CC/C(C(C)C)=C\C2C(=O)c2ccccc2)c(O)c1C. The molecule has 5 nitrogen and oxygen atoms in total. The van der Waals surface area contributed by atoms with Gasteiger partial charge in [0.05, 0.1) is 14.2 Å². The van der Waals surface area contributed by atoms with E-state index in [4.69, 9.17) is 9.47 Å². The highest BCUT2D eigenvalue weighted by atomic mass is 16.5. The Morgan fingerprint density at radius 3 is 2.32 bits per heavy atom. The molecule has 0 amide bonds. The number of allylic oxidation sites excluding steroid dienone is 4. The number of hydrogen-bond donors (Lipinski definition) is 1. The first-order valence-corrected chi connectivity index (χ1v) is 13.5. The zero-order valence-electron chi connectivity index (χ0n) is 23.9. The van der Waals surface area contributed by atoms with Gasteiger partial charge in [-0.25, -0.2) is 0 Å². The van der Waals surface area contributed by atoms with Crippen molar-refractivity contribution in [3.8, 4) is 17.2 Å². The largest absolute Gasteiger partial charge is 0.507 e. The summed E-state index contributed by atoms with van der Waals surface area (Å²) in [6.45, 7) is 10.2. The van der Waals surface area contributed by atoms with Crippen LogP contribution < -0.4 is 9.47 Å². The van der Waals surface area contributed by atoms with Crippen molar-refractivity contribution >= 4 is 11.6 Å². The van der Waals surface area contributed by atoms with Gasteiger partial charge in [-0.2, -0.15) is 0 Å². The Morgan fingerprint density at radius 1 is 1.05 bits per heavy atom. The van der Waals surface area contributed by atoms with Crippen molar-refractivity contribution in [3.63, 3.8) is 0 Å². The first-order chi connectivity index (χ1) is 18.0. The lowest BCUT2D eigenvalue weighted by Crippen LogP contribution is -2.35. The van der Waals surface area contributed by atoms with Crippen LogP contribution in [0.25, 0.3) is 0 Å². The topological polar surface area (TPSA) is 72.8 Å². The fourth-order valence-corrected chi connectivity index (χ4v) is 5.42. The number of phenols is 1. The lowest BCUT2D eigenvalue weighted by molar-refractivity contribution is 0.0748. The van der Waals surface area contributed by atoms with Gasteiger partial charge in [-0.05, 0) is 50.9 Å². The van der Waals surface area contributed by atoms with E-state index in [0.717, 1.165) is 19.3 Å². The highest BCUT2D eigenvalue weighted by molar-refractivity contribution is 6.04. The molecule has 3 rings (SSSR count). The van der Waals surface area contributed by atoms with E-state index in [-0.39, 0.29) is 41.0 Å². The van der Waals surface area contributed by atoms with Crippen LogP contribution in [-0.2, 0) is 0 Å². The predicted octanol–water partition coefficient (Wildman–Crippen LogP) is 7.90. The van der Waals surface area contributed by atoms with Gasteiger partial charge in [-0.1, -0.05) is 74.4 Å². The summed E-state index contributed by atoms with van der Waals surface area (Å²) in [7, 11) is 2.98. The fourth-order valence-electron chi connectivity index (χ4n) is 5.42. The average Bonchev–Trinajstić information content (AvgIpc) is 2.89. The van der Waals surface area contributed by atoms with Crippen molar-refractivity contribution in [3.05, 3.63) is 76.4 Å². The van der Waals surface area contributed by atoms with E-state index in [1.165, 1.54) is 25.4 Å². The van der Waals surface area contributed by atoms with Crippen LogP contribution in [0.4, 0.5) is 0 Å². The number of hydrogen-bond acceptors (Lipinski definition) is 5. The maximum Gasteiger partial charge on any atom is 0.170 e. The highest BCUT2D eigenvalue weighted by Gasteiger charge is 2.41. The van der Waals surface area contributed by atoms with Crippen molar-refractivity contribution in [2.24, 2.45) is 17.3 Å². The molecule has 0 spiro atoms. The molecule has 1 unspecified atom stereocenters. The van der Waals surface area contributed by atoms with Crippen molar-refractivity contribution in [1.29, 1.82) is 0 Å². The third kappa shape index (κ3) is 6.38. The van der Waals surface area contributed by atoms with Crippen LogP contribution in [0.3, 0.4) is 0 Å². The molecule has 0 aliphatic heterocycles. The number of rotatable bonds is 8. The standard InChI is InChI=1S/C33H42O5/c1-21(2)25-16-15-22(3)12-11-17-33(5,26(18-25)32(36)24-13-9-8-10-14-24)20-27(34)30-29(38-7)19-28(37-6)23(4)31(30)35/h8-10,12-14,18-19,21,26,35H,11,15-17,20H2,1-7H3/b22-12+,25-18+/t26?,33-/m0/s1. The van der Waals surface area contributed by atoms with Crippen molar-refractivity contribution in [1.82, 2.24) is 0 Å². The van der Waals surface area contributed by atoms with Crippen LogP contribution >= 0.6 is 0 Å². The molecule has 5 heteroatoms. The first kappa shape index (κ1) is 29.2. The Bertz CT molecular complexity index is 1220. The van der Waals surface area contributed by atoms with E-state index >= 15 is 0 Å². The molecule has 0 saturated carbocycles. The van der Waals surface area contributed by atoms with Crippen molar-refractivity contribution in [2.75, 3.05) is 14.2 Å². The van der Waals surface area contributed by atoms with Crippen molar-refractivity contribution < 1.29 is 24.2 Å². The molecule has 0 aromatic heterocycles. The molecule has 0 saturated heterocycles. The van der Waals surface area contributed by atoms with E-state index < -0.39 is 11.3 Å². The quantitative estimate of drug-likeness (QED) is 0.284. The number of aromatic hydroxyl groups is 1. The lowest BCUT2D eigenvalue weighted by Gasteiger charge is -2.37. The second kappa shape index (κ2) is 12.5. The molecule has 1 aliphatic carbocycles. The Labute approximate surface area is 227 Å². The molecule has 0 bridgehead atoms. The van der Waals surface area contributed by atoms with Gasteiger partial charge in [0.1, 0.15) is 22.8 Å². The second-order valence-corrected chi connectivity index (χ2v) is 11.1. The smallest absolute Gasteiger partial charge is 0.170 e. The van der Waals surface area contributed by atoms with Gasteiger partial charge in [0, 0.05) is 29.5 Å². The molecule has 204 valence electrons. The number of benzene rings is 2. The average molecular weight is 519 g/mol. The van der Waals surface area contributed by atoms with Gasteiger partial charge in [-0.15, -0.1) is 0 Å². The zero-order valence-corrected chi connectivity index (χ0v) is 23.9. The van der Waals surface area contributed by atoms with Gasteiger partial charge in [0.15, 0.2) is 11.6 Å². The Hall–Kier alpha value is -3.34. The number of carbonyl (C=O) groups is 2. The fraction of sp³-hybridized carbons (Fsp3) is 0.455. The summed E-state index contributed by atoms with van der Waals surface area (Å²) in [6, 6.07) is 11.0. The van der Waals surface area contributed by atoms with Crippen LogP contribution in [0.5, 0.6) is 17.2 Å². The number of ketones is 2. The molecule has 0 fully saturated rings. The first-order valence-electron chi connectivity index (χ1n) is 13.5. The van der Waals surface area contributed by atoms with Crippen LogP contribution in [0.1, 0.15) is 86.1 Å². The van der Waals surface area contributed by atoms with E-state index in [9.17, 15) is 14.7 Å². The Morgan fingerprint density at radius 2 is 1.71 bits per heavy atom. The minimum absolute atomic E-state index is 0.0161. The monoisotopic (exact) mass is 518 g/mol. The van der Waals surface area contributed by atoms with E-state index in [1.807, 2.05) is 37.3 Å². The normalized spacial score (nSPS) is 23.1. The maximum atomic E-state index is 14.1. The number of carbonyl (C=O) groups excluding carboxylic acids is 2. The predicted molar refractivity (Wildman–Crippen MR) is 152 cm³/mol. The number of phenolic OH excluding ortho intramolecular Hbond substituents is 1. The molecule has 0 radical (unpaired) electrons. The van der Waals surface area contributed by atoms with E-state index in [0.29, 0.717) is 23.3 Å². The molecule has 1 aliphatic rings. The highest BCUT2D eigenvalue weighted by Crippen LogP contribution is 2.45. The van der Waals surface area contributed by atoms with Crippen LogP contribution in [0.15, 0.2) is 59.7 Å². The zero-order chi connectivity index (χ0) is 28.0. The van der Waals surface area contributed by atoms with E-state index in [2.05, 4.69) is 32.9 Å². The molecular weight excluding hydrogens is 476 g/mol. The van der Waals surface area contributed by atoms with Gasteiger partial charge < -0.3 is 14.6 Å². The van der Waals surface area contributed by atoms with Gasteiger partial charge in [0.2, 0.25) is 0 Å². The Balaban J connectivity index is 2.16. The van der Waals surface area contributed by atoms with Crippen LogP contribution in [-0.4, -0.2) is 30.9 Å². The minimum Gasteiger partial charge on any atom is -0.507 e. The maximum absolute atomic E-state index is 14.1. The summed E-state index contributed by atoms with van der Waals surface area (Å²) in [4.78, 5) is 28.1. The summed E-state index contributed by atoms with van der Waals surface area (Å²) in [5.41, 5.74) is 3.11. The van der Waals surface area contributed by atoms with Gasteiger partial charge in [-0.3, -0.25) is 9.59 Å². The third-order valence-electron chi connectivity index (χ3n) is 7.98. The number of methoxy groups -OCH3 is 2. The molecule has 1 N–H and O–H groups in total. The number of Topliss-reactive ketones (excluding diaryl/α,β-unsaturated/α-hetero) is 2. The summed E-state index contributed by atoms with van der Waals surface area (Å²) in [5.74, 6) is 0.113. The minimum atomic E-state index is -0.691. The third-order valence-corrected chi connectivity index (χ3v) is 7.98. The lowest BCUT2D eigenvalue weighted by atomic mass is 9.65. The summed E-state index contributed by atoms with van der Waals surface area (Å²) in [5, 5.41) is 11.0. The summed E-state index contributed by atoms with van der Waals surface area (Å²) >= 11 is 0. The molecule has 0 heterocycles. The number of ether oxygens (including phenoxy) is 2. The van der Waals surface area contributed by atoms with Crippen molar-refractivity contribution in [2.45, 2.75) is 66.7 Å². The molecular formula is C33H42O5. The van der Waals surface area contributed by atoms with Crippen LogP contribution in [0, 0.1) is 24.2 Å². The second-order valence-electron chi connectivity index (χ2n) is 11.1. The van der Waals surface area contributed by atoms with Crippen LogP contribution in [0.2, 0.25) is 0 Å². The van der Waals surface area contributed by atoms with Gasteiger partial charge in [0.25, 0.3) is 0 Å². The van der Waals surface area contributed by atoms with Gasteiger partial charge >= 0.3 is 0 Å². The summed E-state index contributed by atoms with van der Waals surface area (Å²) in [6.07, 6.45) is 7.73. The van der Waals surface area contributed by atoms with E-state index in [1.54, 1.807) is 13.0 Å².